The molecule has 0 aliphatic heterocycles. The molecule has 5 heteroatoms. The van der Waals surface area contributed by atoms with Gasteiger partial charge in [0.15, 0.2) is 0 Å². The van der Waals surface area contributed by atoms with Crippen LogP contribution in [0.15, 0.2) is 53.4 Å². The highest BCUT2D eigenvalue weighted by Gasteiger charge is 2.21. The van der Waals surface area contributed by atoms with Gasteiger partial charge >= 0.3 is 0 Å². The summed E-state index contributed by atoms with van der Waals surface area (Å²) in [4.78, 5) is 4.45. The molecular formula is C16H16IN3O. The van der Waals surface area contributed by atoms with E-state index in [1.165, 1.54) is 9.13 Å². The number of aromatic nitrogens is 2. The maximum Gasteiger partial charge on any atom is 0.143 e. The average molecular weight is 393 g/mol. The van der Waals surface area contributed by atoms with Crippen LogP contribution in [0.4, 0.5) is 5.69 Å². The van der Waals surface area contributed by atoms with Crippen molar-refractivity contribution in [3.05, 3.63) is 69.7 Å². The van der Waals surface area contributed by atoms with Crippen molar-refractivity contribution in [3.63, 3.8) is 0 Å². The first-order chi connectivity index (χ1) is 10.1. The summed E-state index contributed by atoms with van der Waals surface area (Å²) < 4.78 is 8.82. The van der Waals surface area contributed by atoms with Crippen LogP contribution < -0.4 is 5.32 Å². The van der Waals surface area contributed by atoms with Gasteiger partial charge < -0.3 is 14.3 Å². The summed E-state index contributed by atoms with van der Waals surface area (Å²) in [6.45, 7) is 2.10. The Morgan fingerprint density at radius 3 is 2.81 bits per heavy atom. The third kappa shape index (κ3) is 2.97. The number of anilines is 1. The number of rotatable bonds is 4. The van der Waals surface area contributed by atoms with E-state index in [0.717, 1.165) is 17.3 Å². The van der Waals surface area contributed by atoms with Gasteiger partial charge in [-0.1, -0.05) is 0 Å². The van der Waals surface area contributed by atoms with E-state index in [2.05, 4.69) is 58.0 Å². The fourth-order valence-corrected chi connectivity index (χ4v) is 2.97. The lowest BCUT2D eigenvalue weighted by Crippen LogP contribution is -2.16. The molecule has 2 aromatic heterocycles. The van der Waals surface area contributed by atoms with Gasteiger partial charge in [0.1, 0.15) is 17.6 Å². The number of benzene rings is 1. The molecular weight excluding hydrogens is 377 g/mol. The van der Waals surface area contributed by atoms with Crippen LogP contribution in [0.5, 0.6) is 0 Å². The van der Waals surface area contributed by atoms with E-state index in [9.17, 15) is 0 Å². The Morgan fingerprint density at radius 1 is 1.33 bits per heavy atom. The number of furan rings is 1. The van der Waals surface area contributed by atoms with Crippen LogP contribution in [0.3, 0.4) is 0 Å². The van der Waals surface area contributed by atoms with Crippen molar-refractivity contribution in [1.29, 1.82) is 0 Å². The first-order valence-electron chi connectivity index (χ1n) is 6.68. The Hall–Kier alpha value is -1.76. The Balaban J connectivity index is 1.99. The molecule has 21 heavy (non-hydrogen) atoms. The highest BCUT2D eigenvalue weighted by Crippen LogP contribution is 2.28. The first kappa shape index (κ1) is 14.2. The van der Waals surface area contributed by atoms with Crippen molar-refractivity contribution >= 4 is 28.3 Å². The number of halogens is 1. The van der Waals surface area contributed by atoms with Crippen LogP contribution in [0, 0.1) is 10.5 Å². The third-order valence-electron chi connectivity index (χ3n) is 3.43. The van der Waals surface area contributed by atoms with Crippen molar-refractivity contribution < 1.29 is 4.42 Å². The number of nitrogens with one attached hydrogen (secondary N) is 1. The molecule has 1 aromatic carbocycles. The SMILES string of the molecule is Cc1cc(I)ccc1NC(c1ccco1)c1nccn1C. The zero-order valence-corrected chi connectivity index (χ0v) is 14.0. The Morgan fingerprint density at radius 2 is 2.19 bits per heavy atom. The van der Waals surface area contributed by atoms with Crippen LogP contribution in [0.2, 0.25) is 0 Å². The molecule has 0 spiro atoms. The minimum atomic E-state index is -0.112. The van der Waals surface area contributed by atoms with Gasteiger partial charge in [-0.25, -0.2) is 4.98 Å². The molecule has 2 heterocycles. The smallest absolute Gasteiger partial charge is 0.143 e. The topological polar surface area (TPSA) is 43.0 Å². The molecule has 0 saturated heterocycles. The van der Waals surface area contributed by atoms with E-state index in [4.69, 9.17) is 4.42 Å². The van der Waals surface area contributed by atoms with E-state index in [-0.39, 0.29) is 6.04 Å². The van der Waals surface area contributed by atoms with Crippen molar-refractivity contribution in [2.75, 3.05) is 5.32 Å². The Labute approximate surface area is 137 Å². The molecule has 1 unspecified atom stereocenters. The molecule has 0 bridgehead atoms. The number of hydrogen-bond acceptors (Lipinski definition) is 3. The van der Waals surface area contributed by atoms with Gasteiger partial charge in [0.05, 0.1) is 6.26 Å². The molecule has 0 aliphatic carbocycles. The maximum absolute atomic E-state index is 5.59. The van der Waals surface area contributed by atoms with Gasteiger partial charge in [-0.2, -0.15) is 0 Å². The van der Waals surface area contributed by atoms with Crippen LogP contribution in [0.25, 0.3) is 0 Å². The van der Waals surface area contributed by atoms with Crippen LogP contribution >= 0.6 is 22.6 Å². The molecule has 4 nitrogen and oxygen atoms in total. The molecule has 108 valence electrons. The van der Waals surface area contributed by atoms with Crippen molar-refractivity contribution in [1.82, 2.24) is 9.55 Å². The maximum atomic E-state index is 5.59. The number of aryl methyl sites for hydroxylation is 2. The van der Waals surface area contributed by atoms with Gasteiger partial charge in [0.2, 0.25) is 0 Å². The zero-order valence-electron chi connectivity index (χ0n) is 11.9. The van der Waals surface area contributed by atoms with Gasteiger partial charge in [-0.05, 0) is 65.4 Å². The predicted molar refractivity (Wildman–Crippen MR) is 91.3 cm³/mol. The summed E-state index contributed by atoms with van der Waals surface area (Å²) in [6.07, 6.45) is 5.43. The molecule has 3 rings (SSSR count). The number of hydrogen-bond donors (Lipinski definition) is 1. The molecule has 0 fully saturated rings. The minimum absolute atomic E-state index is 0.112. The van der Waals surface area contributed by atoms with Crippen LogP contribution in [-0.4, -0.2) is 9.55 Å². The molecule has 0 aliphatic rings. The molecule has 0 amide bonds. The summed E-state index contributed by atoms with van der Waals surface area (Å²) in [6, 6.07) is 10.1. The lowest BCUT2D eigenvalue weighted by Gasteiger charge is -2.19. The van der Waals surface area contributed by atoms with Crippen molar-refractivity contribution in [2.24, 2.45) is 7.05 Å². The van der Waals surface area contributed by atoms with Gasteiger partial charge in [0, 0.05) is 28.7 Å². The largest absolute Gasteiger partial charge is 0.467 e. The van der Waals surface area contributed by atoms with Gasteiger partial charge in [0.25, 0.3) is 0 Å². The lowest BCUT2D eigenvalue weighted by molar-refractivity contribution is 0.488. The second-order valence-electron chi connectivity index (χ2n) is 4.95. The monoisotopic (exact) mass is 393 g/mol. The fourth-order valence-electron chi connectivity index (χ4n) is 2.32. The summed E-state index contributed by atoms with van der Waals surface area (Å²) in [5.41, 5.74) is 2.28. The molecule has 0 radical (unpaired) electrons. The number of nitrogens with zero attached hydrogens (tertiary/aromatic N) is 2. The van der Waals surface area contributed by atoms with E-state index >= 15 is 0 Å². The standard InChI is InChI=1S/C16H16IN3O/c1-11-10-12(17)5-6-13(11)19-15(14-4-3-9-21-14)16-18-7-8-20(16)2/h3-10,15,19H,1-2H3. The second kappa shape index (κ2) is 5.93. The number of imidazole rings is 1. The van der Waals surface area contributed by atoms with E-state index in [1.807, 2.05) is 29.9 Å². The van der Waals surface area contributed by atoms with Gasteiger partial charge in [-0.15, -0.1) is 0 Å². The molecule has 1 atom stereocenters. The fraction of sp³-hybridized carbons (Fsp3) is 0.188. The summed E-state index contributed by atoms with van der Waals surface area (Å²) >= 11 is 2.32. The molecule has 0 saturated carbocycles. The Bertz CT molecular complexity index is 734. The minimum Gasteiger partial charge on any atom is -0.467 e. The second-order valence-corrected chi connectivity index (χ2v) is 6.19. The van der Waals surface area contributed by atoms with Crippen molar-refractivity contribution in [2.45, 2.75) is 13.0 Å². The average Bonchev–Trinajstić information content (AvgIpc) is 3.10. The van der Waals surface area contributed by atoms with Crippen molar-refractivity contribution in [3.8, 4) is 0 Å². The van der Waals surface area contributed by atoms with E-state index in [0.29, 0.717) is 0 Å². The Kier molecular flexibility index (Phi) is 4.01. The normalized spacial score (nSPS) is 12.3. The third-order valence-corrected chi connectivity index (χ3v) is 4.10. The molecule has 1 N–H and O–H groups in total. The lowest BCUT2D eigenvalue weighted by atomic mass is 10.1. The predicted octanol–water partition coefficient (Wildman–Crippen LogP) is 4.13. The van der Waals surface area contributed by atoms with Crippen LogP contribution in [0.1, 0.15) is 23.2 Å². The van der Waals surface area contributed by atoms with Crippen LogP contribution in [-0.2, 0) is 7.05 Å². The molecule has 3 aromatic rings. The summed E-state index contributed by atoms with van der Waals surface area (Å²) in [5, 5.41) is 3.54. The van der Waals surface area contributed by atoms with Gasteiger partial charge in [-0.3, -0.25) is 0 Å². The quantitative estimate of drug-likeness (QED) is 0.678. The zero-order chi connectivity index (χ0) is 14.8. The first-order valence-corrected chi connectivity index (χ1v) is 7.76. The summed E-state index contributed by atoms with van der Waals surface area (Å²) in [5.74, 6) is 1.77. The highest BCUT2D eigenvalue weighted by atomic mass is 127. The van der Waals surface area contributed by atoms with E-state index < -0.39 is 0 Å². The highest BCUT2D eigenvalue weighted by molar-refractivity contribution is 14.1. The summed E-state index contributed by atoms with van der Waals surface area (Å²) in [7, 11) is 1.99. The van der Waals surface area contributed by atoms with E-state index in [1.54, 1.807) is 12.5 Å².